The van der Waals surface area contributed by atoms with Crippen LogP contribution in [0.4, 0.5) is 16.2 Å². The van der Waals surface area contributed by atoms with Crippen molar-refractivity contribution in [2.75, 3.05) is 30.7 Å². The van der Waals surface area contributed by atoms with Crippen molar-refractivity contribution in [3.63, 3.8) is 0 Å². The van der Waals surface area contributed by atoms with Gasteiger partial charge in [-0.05, 0) is 45.7 Å². The molecule has 0 aromatic carbocycles. The van der Waals surface area contributed by atoms with Gasteiger partial charge in [0.2, 0.25) is 0 Å². The summed E-state index contributed by atoms with van der Waals surface area (Å²) in [6.07, 6.45) is 3.83. The van der Waals surface area contributed by atoms with Crippen molar-refractivity contribution in [1.82, 2.24) is 14.9 Å². The van der Waals surface area contributed by atoms with Gasteiger partial charge in [0, 0.05) is 25.8 Å². The molecule has 2 aromatic heterocycles. The van der Waals surface area contributed by atoms with Crippen molar-refractivity contribution >= 4 is 28.5 Å². The highest BCUT2D eigenvalue weighted by atomic mass is 16.6. The summed E-state index contributed by atoms with van der Waals surface area (Å²) in [5.74, 6) is 0. The number of aliphatic hydroxyl groups is 1. The van der Waals surface area contributed by atoms with E-state index in [1.807, 2.05) is 32.9 Å². The zero-order valence-electron chi connectivity index (χ0n) is 16.0. The molecule has 0 saturated carbocycles. The summed E-state index contributed by atoms with van der Waals surface area (Å²) < 4.78 is 5.40. The Kier molecular flexibility index (Phi) is 5.10. The number of nitrogens with two attached hydrogens (primary N) is 1. The van der Waals surface area contributed by atoms with Crippen LogP contribution in [-0.2, 0) is 4.74 Å². The van der Waals surface area contributed by atoms with Gasteiger partial charge in [-0.1, -0.05) is 0 Å². The molecule has 1 fully saturated rings. The lowest BCUT2D eigenvalue weighted by Crippen LogP contribution is -2.50. The molecule has 0 aliphatic carbocycles. The van der Waals surface area contributed by atoms with Gasteiger partial charge in [-0.25, -0.2) is 4.79 Å². The molecular formula is C19H27N5O3. The van der Waals surface area contributed by atoms with Crippen LogP contribution in [-0.4, -0.2) is 56.9 Å². The van der Waals surface area contributed by atoms with Crippen LogP contribution in [0.5, 0.6) is 0 Å². The van der Waals surface area contributed by atoms with Crippen molar-refractivity contribution in [2.24, 2.45) is 0 Å². The number of fused-ring (bicyclic) bond motifs is 1. The van der Waals surface area contributed by atoms with Gasteiger partial charge in [0.15, 0.2) is 0 Å². The van der Waals surface area contributed by atoms with Gasteiger partial charge in [0.1, 0.15) is 11.1 Å². The fraction of sp³-hybridized carbons (Fsp3) is 0.526. The second kappa shape index (κ2) is 7.19. The molecule has 146 valence electrons. The maximum absolute atomic E-state index is 12.2. The maximum atomic E-state index is 12.2. The van der Waals surface area contributed by atoms with E-state index in [0.29, 0.717) is 49.4 Å². The van der Waals surface area contributed by atoms with Gasteiger partial charge in [-0.3, -0.25) is 9.97 Å². The smallest absolute Gasteiger partial charge is 0.410 e. The van der Waals surface area contributed by atoms with E-state index in [0.717, 1.165) is 5.52 Å². The summed E-state index contributed by atoms with van der Waals surface area (Å²) >= 11 is 0. The summed E-state index contributed by atoms with van der Waals surface area (Å²) in [6, 6.07) is 3.68. The number of rotatable bonds is 3. The van der Waals surface area contributed by atoms with Crippen molar-refractivity contribution in [1.29, 1.82) is 0 Å². The average molecular weight is 373 g/mol. The highest BCUT2D eigenvalue weighted by molar-refractivity contribution is 5.93. The quantitative estimate of drug-likeness (QED) is 0.757. The van der Waals surface area contributed by atoms with Gasteiger partial charge in [-0.15, -0.1) is 0 Å². The van der Waals surface area contributed by atoms with Crippen LogP contribution >= 0.6 is 0 Å². The minimum absolute atomic E-state index is 0.315. The van der Waals surface area contributed by atoms with Crippen molar-refractivity contribution in [3.05, 3.63) is 24.5 Å². The summed E-state index contributed by atoms with van der Waals surface area (Å²) in [4.78, 5) is 22.4. The predicted octanol–water partition coefficient (Wildman–Crippen LogP) is 2.39. The number of piperidine rings is 1. The fourth-order valence-corrected chi connectivity index (χ4v) is 3.08. The van der Waals surface area contributed by atoms with E-state index in [1.165, 1.54) is 0 Å². The number of nitrogen functional groups attached to an aromatic ring is 1. The molecule has 4 N–H and O–H groups in total. The molecular weight excluding hydrogens is 346 g/mol. The molecule has 0 unspecified atom stereocenters. The highest BCUT2D eigenvalue weighted by Crippen LogP contribution is 2.29. The third kappa shape index (κ3) is 4.57. The maximum Gasteiger partial charge on any atom is 0.410 e. The fourth-order valence-electron chi connectivity index (χ4n) is 3.08. The Balaban J connectivity index is 1.63. The lowest BCUT2D eigenvalue weighted by Gasteiger charge is -2.38. The molecule has 0 spiro atoms. The molecule has 0 radical (unpaired) electrons. The Hall–Kier alpha value is -2.61. The van der Waals surface area contributed by atoms with Crippen molar-refractivity contribution in [3.8, 4) is 0 Å². The molecule has 3 heterocycles. The first kappa shape index (κ1) is 19.2. The van der Waals surface area contributed by atoms with Gasteiger partial charge in [-0.2, -0.15) is 0 Å². The Labute approximate surface area is 158 Å². The van der Waals surface area contributed by atoms with E-state index in [9.17, 15) is 9.90 Å². The molecule has 2 aromatic rings. The second-order valence-corrected chi connectivity index (χ2v) is 8.00. The molecule has 1 aliphatic rings. The minimum Gasteiger partial charge on any atom is -0.444 e. The Morgan fingerprint density at radius 3 is 2.74 bits per heavy atom. The third-order valence-electron chi connectivity index (χ3n) is 4.59. The molecule has 27 heavy (non-hydrogen) atoms. The van der Waals surface area contributed by atoms with Gasteiger partial charge < -0.3 is 25.8 Å². The van der Waals surface area contributed by atoms with E-state index < -0.39 is 11.2 Å². The SMILES string of the molecule is CC(C)(C)OC(=O)N1CCC(O)(CNc2c(N)cnc3cccnc23)CC1. The number of pyridine rings is 2. The molecule has 1 amide bonds. The van der Waals surface area contributed by atoms with Crippen LogP contribution in [0.25, 0.3) is 11.0 Å². The van der Waals surface area contributed by atoms with Crippen LogP contribution in [0.15, 0.2) is 24.5 Å². The number of amides is 1. The number of hydrogen-bond donors (Lipinski definition) is 3. The lowest BCUT2D eigenvalue weighted by molar-refractivity contribution is -0.0244. The average Bonchev–Trinajstić information content (AvgIpc) is 2.60. The van der Waals surface area contributed by atoms with Crippen LogP contribution in [0.1, 0.15) is 33.6 Å². The number of nitrogens with zero attached hydrogens (tertiary/aromatic N) is 3. The zero-order valence-corrected chi connectivity index (χ0v) is 16.0. The molecule has 1 aliphatic heterocycles. The second-order valence-electron chi connectivity index (χ2n) is 8.00. The Morgan fingerprint density at radius 1 is 1.37 bits per heavy atom. The molecule has 3 rings (SSSR count). The van der Waals surface area contributed by atoms with Crippen LogP contribution < -0.4 is 11.1 Å². The number of aromatic nitrogens is 2. The first-order chi connectivity index (χ1) is 12.7. The summed E-state index contributed by atoms with van der Waals surface area (Å²) in [5.41, 5.74) is 7.15. The minimum atomic E-state index is -0.935. The normalized spacial score (nSPS) is 17.0. The number of nitrogens with one attached hydrogen (secondary N) is 1. The van der Waals surface area contributed by atoms with E-state index in [-0.39, 0.29) is 6.09 Å². The van der Waals surface area contributed by atoms with Gasteiger partial charge >= 0.3 is 6.09 Å². The summed E-state index contributed by atoms with van der Waals surface area (Å²) in [6.45, 7) is 6.72. The Bertz CT molecular complexity index is 826. The monoisotopic (exact) mass is 373 g/mol. The van der Waals surface area contributed by atoms with Gasteiger partial charge in [0.25, 0.3) is 0 Å². The van der Waals surface area contributed by atoms with E-state index in [4.69, 9.17) is 10.5 Å². The predicted molar refractivity (Wildman–Crippen MR) is 104 cm³/mol. The largest absolute Gasteiger partial charge is 0.444 e. The van der Waals surface area contributed by atoms with E-state index >= 15 is 0 Å². The van der Waals surface area contributed by atoms with Gasteiger partial charge in [0.05, 0.1) is 28.7 Å². The summed E-state index contributed by atoms with van der Waals surface area (Å²) in [5, 5.41) is 14.1. The lowest BCUT2D eigenvalue weighted by atomic mass is 9.91. The zero-order chi connectivity index (χ0) is 19.7. The number of carbonyl (C=O) groups excluding carboxylic acids is 1. The van der Waals surface area contributed by atoms with Crippen LogP contribution in [0, 0.1) is 0 Å². The first-order valence-electron chi connectivity index (χ1n) is 9.10. The van der Waals surface area contributed by atoms with Crippen LogP contribution in [0.2, 0.25) is 0 Å². The number of anilines is 2. The number of hydrogen-bond acceptors (Lipinski definition) is 7. The number of ether oxygens (including phenoxy) is 1. The molecule has 8 heteroatoms. The third-order valence-corrected chi connectivity index (χ3v) is 4.59. The number of likely N-dealkylation sites (tertiary alicyclic amines) is 1. The highest BCUT2D eigenvalue weighted by Gasteiger charge is 2.35. The number of carbonyl (C=O) groups is 1. The van der Waals surface area contributed by atoms with E-state index in [1.54, 1.807) is 17.3 Å². The van der Waals surface area contributed by atoms with Crippen molar-refractivity contribution in [2.45, 2.75) is 44.8 Å². The van der Waals surface area contributed by atoms with Crippen molar-refractivity contribution < 1.29 is 14.6 Å². The molecule has 0 atom stereocenters. The standard InChI is InChI=1S/C19H27N5O3/c1-18(2,3)27-17(25)24-9-6-19(26,7-10-24)12-23-15-13(20)11-22-14-5-4-8-21-16(14)15/h4-5,8,11,26H,6-7,9-10,12,20H2,1-3H3,(H,22,23). The summed E-state index contributed by atoms with van der Waals surface area (Å²) in [7, 11) is 0. The molecule has 8 nitrogen and oxygen atoms in total. The first-order valence-corrected chi connectivity index (χ1v) is 9.10. The molecule has 0 bridgehead atoms. The topological polar surface area (TPSA) is 114 Å². The Morgan fingerprint density at radius 2 is 2.07 bits per heavy atom. The molecule has 1 saturated heterocycles. The van der Waals surface area contributed by atoms with Crippen LogP contribution in [0.3, 0.4) is 0 Å². The van der Waals surface area contributed by atoms with E-state index in [2.05, 4.69) is 15.3 Å².